The fourth-order valence-corrected chi connectivity index (χ4v) is 4.65. The number of ether oxygens (including phenoxy) is 2. The monoisotopic (exact) mass is 424 g/mol. The lowest BCUT2D eigenvalue weighted by atomic mass is 10.1. The molecule has 0 saturated carbocycles. The molecule has 1 N–H and O–H groups in total. The summed E-state index contributed by atoms with van der Waals surface area (Å²) in [5.41, 5.74) is 1.49. The molecule has 150 valence electrons. The van der Waals surface area contributed by atoms with Gasteiger partial charge < -0.3 is 14.8 Å². The van der Waals surface area contributed by atoms with Gasteiger partial charge in [0.25, 0.3) is 5.91 Å². The maximum Gasteiger partial charge on any atom is 0.255 e. The van der Waals surface area contributed by atoms with Crippen LogP contribution in [0.2, 0.25) is 5.02 Å². The van der Waals surface area contributed by atoms with E-state index in [1.807, 2.05) is 0 Å². The summed E-state index contributed by atoms with van der Waals surface area (Å²) in [6, 6.07) is 9.52. The van der Waals surface area contributed by atoms with Crippen LogP contribution >= 0.6 is 11.6 Å². The van der Waals surface area contributed by atoms with Crippen LogP contribution < -0.4 is 10.1 Å². The van der Waals surface area contributed by atoms with Gasteiger partial charge in [0.05, 0.1) is 20.3 Å². The zero-order valence-electron chi connectivity index (χ0n) is 15.6. The fourth-order valence-electron chi connectivity index (χ4n) is 2.88. The molecule has 0 bridgehead atoms. The van der Waals surface area contributed by atoms with Crippen LogP contribution in [0.4, 0.5) is 5.69 Å². The number of amides is 1. The summed E-state index contributed by atoms with van der Waals surface area (Å²) in [4.78, 5) is 12.7. The van der Waals surface area contributed by atoms with E-state index in [0.29, 0.717) is 23.9 Å². The number of anilines is 1. The summed E-state index contributed by atoms with van der Waals surface area (Å²) in [5, 5.41) is 3.30. The van der Waals surface area contributed by atoms with Gasteiger partial charge >= 0.3 is 0 Å². The number of hydrogen-bond acceptors (Lipinski definition) is 5. The number of nitrogens with zero attached hydrogens (tertiary/aromatic N) is 1. The van der Waals surface area contributed by atoms with Crippen LogP contribution in [0.15, 0.2) is 41.3 Å². The summed E-state index contributed by atoms with van der Waals surface area (Å²) in [6.07, 6.45) is 0. The highest BCUT2D eigenvalue weighted by Crippen LogP contribution is 2.29. The van der Waals surface area contributed by atoms with E-state index in [-0.39, 0.29) is 29.3 Å². The number of carbonyl (C=O) groups excluding carboxylic acids is 1. The van der Waals surface area contributed by atoms with Crippen LogP contribution in [-0.2, 0) is 14.8 Å². The van der Waals surface area contributed by atoms with E-state index in [4.69, 9.17) is 21.1 Å². The van der Waals surface area contributed by atoms with E-state index >= 15 is 0 Å². The molecular formula is C19H21ClN2O5S. The van der Waals surface area contributed by atoms with Crippen molar-refractivity contribution in [1.82, 2.24) is 4.31 Å². The minimum absolute atomic E-state index is 0.0487. The minimum Gasteiger partial charge on any atom is -0.495 e. The normalized spacial score (nSPS) is 15.2. The smallest absolute Gasteiger partial charge is 0.255 e. The highest BCUT2D eigenvalue weighted by Gasteiger charge is 2.30. The number of methoxy groups -OCH3 is 1. The molecule has 0 radical (unpaired) electrons. The van der Waals surface area contributed by atoms with Gasteiger partial charge in [-0.1, -0.05) is 17.7 Å². The van der Waals surface area contributed by atoms with Crippen molar-refractivity contribution in [2.24, 2.45) is 0 Å². The molecule has 0 atom stereocenters. The van der Waals surface area contributed by atoms with Crippen molar-refractivity contribution in [2.75, 3.05) is 38.7 Å². The average Bonchev–Trinajstić information content (AvgIpc) is 2.71. The maximum atomic E-state index is 13.0. The van der Waals surface area contributed by atoms with Crippen molar-refractivity contribution >= 4 is 33.2 Å². The van der Waals surface area contributed by atoms with Gasteiger partial charge in [-0.15, -0.1) is 0 Å². The second kappa shape index (κ2) is 8.48. The SMILES string of the molecule is COc1ccc(C(=O)Nc2cccc(Cl)c2C)cc1S(=O)(=O)N1CCOCC1. The molecule has 7 nitrogen and oxygen atoms in total. The highest BCUT2D eigenvalue weighted by atomic mass is 35.5. The van der Waals surface area contributed by atoms with Crippen molar-refractivity contribution in [1.29, 1.82) is 0 Å². The van der Waals surface area contributed by atoms with E-state index in [2.05, 4.69) is 5.32 Å². The van der Waals surface area contributed by atoms with Gasteiger partial charge in [0, 0.05) is 29.4 Å². The number of halogens is 1. The maximum absolute atomic E-state index is 13.0. The molecule has 1 heterocycles. The Morgan fingerprint density at radius 2 is 1.93 bits per heavy atom. The predicted octanol–water partition coefficient (Wildman–Crippen LogP) is 2.93. The van der Waals surface area contributed by atoms with Crippen LogP contribution in [-0.4, -0.2) is 52.0 Å². The standard InChI is InChI=1S/C19H21ClN2O5S/c1-13-15(20)4-3-5-16(13)21-19(23)14-6-7-17(26-2)18(12-14)28(24,25)22-8-10-27-11-9-22/h3-7,12H,8-11H2,1-2H3,(H,21,23). The third-order valence-electron chi connectivity index (χ3n) is 4.53. The number of benzene rings is 2. The quantitative estimate of drug-likeness (QED) is 0.797. The van der Waals surface area contributed by atoms with Gasteiger partial charge in [-0.25, -0.2) is 8.42 Å². The number of morpholine rings is 1. The number of rotatable bonds is 5. The molecule has 28 heavy (non-hydrogen) atoms. The minimum atomic E-state index is -3.82. The van der Waals surface area contributed by atoms with E-state index in [9.17, 15) is 13.2 Å². The lowest BCUT2D eigenvalue weighted by Gasteiger charge is -2.26. The van der Waals surface area contributed by atoms with Crippen LogP contribution in [0.3, 0.4) is 0 Å². The summed E-state index contributed by atoms with van der Waals surface area (Å²) in [7, 11) is -2.43. The van der Waals surface area contributed by atoms with Crippen LogP contribution in [0.5, 0.6) is 5.75 Å². The van der Waals surface area contributed by atoms with E-state index < -0.39 is 15.9 Å². The van der Waals surface area contributed by atoms with Crippen molar-refractivity contribution < 1.29 is 22.7 Å². The Kier molecular flexibility index (Phi) is 6.24. The molecule has 2 aromatic carbocycles. The van der Waals surface area contributed by atoms with Crippen molar-refractivity contribution in [2.45, 2.75) is 11.8 Å². The molecule has 1 saturated heterocycles. The molecule has 0 aromatic heterocycles. The van der Waals surface area contributed by atoms with Gasteiger partial charge in [0.1, 0.15) is 10.6 Å². The van der Waals surface area contributed by atoms with Crippen LogP contribution in [0, 0.1) is 6.92 Å². The third kappa shape index (κ3) is 4.15. The predicted molar refractivity (Wildman–Crippen MR) is 107 cm³/mol. The summed E-state index contributed by atoms with van der Waals surface area (Å²) in [6.45, 7) is 2.96. The van der Waals surface area contributed by atoms with E-state index in [1.54, 1.807) is 25.1 Å². The van der Waals surface area contributed by atoms with Crippen LogP contribution in [0.25, 0.3) is 0 Å². The molecule has 0 unspecified atom stereocenters. The topological polar surface area (TPSA) is 84.9 Å². The van der Waals surface area contributed by atoms with Crippen molar-refractivity contribution in [3.63, 3.8) is 0 Å². The Morgan fingerprint density at radius 3 is 2.61 bits per heavy atom. The summed E-state index contributed by atoms with van der Waals surface area (Å²) < 4.78 is 37.9. The lowest BCUT2D eigenvalue weighted by molar-refractivity contribution is 0.0729. The second-order valence-corrected chi connectivity index (χ2v) is 8.56. The van der Waals surface area contributed by atoms with E-state index in [1.165, 1.54) is 29.6 Å². The third-order valence-corrected chi connectivity index (χ3v) is 6.86. The summed E-state index contributed by atoms with van der Waals surface area (Å²) in [5.74, 6) is -0.256. The Morgan fingerprint density at radius 1 is 1.21 bits per heavy atom. The van der Waals surface area contributed by atoms with Gasteiger partial charge in [-0.2, -0.15) is 4.31 Å². The Hall–Kier alpha value is -2.13. The molecule has 0 spiro atoms. The van der Waals surface area contributed by atoms with Crippen molar-refractivity contribution in [3.8, 4) is 5.75 Å². The lowest BCUT2D eigenvalue weighted by Crippen LogP contribution is -2.40. The van der Waals surface area contributed by atoms with Crippen LogP contribution in [0.1, 0.15) is 15.9 Å². The molecular weight excluding hydrogens is 404 g/mol. The molecule has 2 aromatic rings. The van der Waals surface area contributed by atoms with Gasteiger partial charge in [0.2, 0.25) is 10.0 Å². The number of hydrogen-bond donors (Lipinski definition) is 1. The molecule has 1 fully saturated rings. The molecule has 1 aliphatic heterocycles. The van der Waals surface area contributed by atoms with Crippen molar-refractivity contribution in [3.05, 3.63) is 52.5 Å². The Balaban J connectivity index is 1.94. The Bertz CT molecular complexity index is 988. The highest BCUT2D eigenvalue weighted by molar-refractivity contribution is 7.89. The largest absolute Gasteiger partial charge is 0.495 e. The zero-order chi connectivity index (χ0) is 20.3. The number of sulfonamides is 1. The molecule has 0 aliphatic carbocycles. The molecule has 9 heteroatoms. The first-order chi connectivity index (χ1) is 13.3. The fraction of sp³-hybridized carbons (Fsp3) is 0.316. The number of carbonyl (C=O) groups is 1. The molecule has 1 aliphatic rings. The first-order valence-corrected chi connectivity index (χ1v) is 10.5. The first kappa shape index (κ1) is 20.6. The molecule has 1 amide bonds. The Labute approximate surface area is 169 Å². The first-order valence-electron chi connectivity index (χ1n) is 8.67. The van der Waals surface area contributed by atoms with Gasteiger partial charge in [-0.05, 0) is 42.8 Å². The summed E-state index contributed by atoms with van der Waals surface area (Å²) >= 11 is 6.09. The van der Waals surface area contributed by atoms with Gasteiger partial charge in [0.15, 0.2) is 0 Å². The zero-order valence-corrected chi connectivity index (χ0v) is 17.1. The average molecular weight is 425 g/mol. The number of nitrogens with one attached hydrogen (secondary N) is 1. The second-order valence-electron chi connectivity index (χ2n) is 6.25. The van der Waals surface area contributed by atoms with Gasteiger partial charge in [-0.3, -0.25) is 4.79 Å². The van der Waals surface area contributed by atoms with E-state index in [0.717, 1.165) is 5.56 Å². The molecule has 3 rings (SSSR count).